The number of thioether (sulfide) groups is 1. The molecule has 0 saturated carbocycles. The SMILES string of the molecule is CC(C)N[C@@H](CCSCC(O)COC[C@H](N)C(=O)[O-])C(=O)C(C)C. The number of carboxylic acids is 1. The number of carboxylic acid groups (broad SMARTS) is 1. The number of aliphatic hydroxyl groups is 1. The third-order valence-electron chi connectivity index (χ3n) is 3.22. The molecule has 4 N–H and O–H groups in total. The molecule has 0 aromatic rings. The van der Waals surface area contributed by atoms with E-state index in [-0.39, 0.29) is 37.0 Å². The van der Waals surface area contributed by atoms with Crippen LogP contribution in [0.15, 0.2) is 0 Å². The zero-order valence-corrected chi connectivity index (χ0v) is 15.8. The molecule has 0 spiro atoms. The van der Waals surface area contributed by atoms with Crippen LogP contribution >= 0.6 is 11.8 Å². The number of carbonyl (C=O) groups excluding carboxylic acids is 2. The summed E-state index contributed by atoms with van der Waals surface area (Å²) < 4.78 is 5.04. The maximum Gasteiger partial charge on any atom is 0.152 e. The fourth-order valence-electron chi connectivity index (χ4n) is 1.98. The molecule has 0 fully saturated rings. The number of carbonyl (C=O) groups is 2. The third kappa shape index (κ3) is 11.0. The van der Waals surface area contributed by atoms with Gasteiger partial charge in [0.1, 0.15) is 0 Å². The van der Waals surface area contributed by atoms with Gasteiger partial charge in [0, 0.05) is 17.7 Å². The van der Waals surface area contributed by atoms with Crippen LogP contribution in [0.25, 0.3) is 0 Å². The molecule has 0 bridgehead atoms. The summed E-state index contributed by atoms with van der Waals surface area (Å²) in [6.45, 7) is 7.63. The number of aliphatic carboxylic acids is 1. The van der Waals surface area contributed by atoms with Crippen LogP contribution in [0.1, 0.15) is 34.1 Å². The predicted octanol–water partition coefficient (Wildman–Crippen LogP) is -0.844. The Labute approximate surface area is 148 Å². The van der Waals surface area contributed by atoms with Crippen molar-refractivity contribution in [1.29, 1.82) is 0 Å². The average molecular weight is 364 g/mol. The molecule has 8 heteroatoms. The van der Waals surface area contributed by atoms with Gasteiger partial charge >= 0.3 is 0 Å². The molecule has 0 amide bonds. The van der Waals surface area contributed by atoms with E-state index in [1.807, 2.05) is 27.7 Å². The van der Waals surface area contributed by atoms with Gasteiger partial charge in [-0.25, -0.2) is 0 Å². The third-order valence-corrected chi connectivity index (χ3v) is 4.36. The molecular weight excluding hydrogens is 332 g/mol. The summed E-state index contributed by atoms with van der Waals surface area (Å²) in [5.74, 6) is -0.0106. The van der Waals surface area contributed by atoms with Crippen LogP contribution < -0.4 is 16.2 Å². The molecule has 3 atom stereocenters. The smallest absolute Gasteiger partial charge is 0.152 e. The van der Waals surface area contributed by atoms with E-state index in [0.717, 1.165) is 5.75 Å². The molecule has 0 aromatic carbocycles. The van der Waals surface area contributed by atoms with Crippen molar-refractivity contribution in [3.05, 3.63) is 0 Å². The standard InChI is InChI=1S/C16H32N2O5S/c1-10(2)15(20)14(18-11(3)4)5-6-24-9-12(19)7-23-8-13(17)16(21)22/h10-14,18-19H,5-9,17H2,1-4H3,(H,21,22)/p-1/t12?,13-,14-/m0/s1. The van der Waals surface area contributed by atoms with E-state index in [9.17, 15) is 19.8 Å². The molecule has 0 radical (unpaired) electrons. The summed E-state index contributed by atoms with van der Waals surface area (Å²) in [6, 6.07) is -1.13. The van der Waals surface area contributed by atoms with Crippen LogP contribution in [0.2, 0.25) is 0 Å². The number of hydrogen-bond donors (Lipinski definition) is 3. The highest BCUT2D eigenvalue weighted by molar-refractivity contribution is 7.99. The van der Waals surface area contributed by atoms with Crippen molar-refractivity contribution >= 4 is 23.5 Å². The van der Waals surface area contributed by atoms with Crippen LogP contribution in [0.3, 0.4) is 0 Å². The number of ketones is 1. The monoisotopic (exact) mass is 363 g/mol. The average Bonchev–Trinajstić information content (AvgIpc) is 2.48. The quantitative estimate of drug-likeness (QED) is 0.341. The van der Waals surface area contributed by atoms with E-state index in [1.54, 1.807) is 0 Å². The number of nitrogens with one attached hydrogen (secondary N) is 1. The van der Waals surface area contributed by atoms with Gasteiger partial charge in [-0.3, -0.25) is 4.79 Å². The van der Waals surface area contributed by atoms with Gasteiger partial charge in [0.25, 0.3) is 0 Å². The molecule has 7 nitrogen and oxygen atoms in total. The number of nitrogens with two attached hydrogens (primary N) is 1. The van der Waals surface area contributed by atoms with Gasteiger partial charge in [0.15, 0.2) is 5.78 Å². The highest BCUT2D eigenvalue weighted by atomic mass is 32.2. The Morgan fingerprint density at radius 2 is 1.88 bits per heavy atom. The molecule has 0 aliphatic rings. The van der Waals surface area contributed by atoms with E-state index in [0.29, 0.717) is 12.2 Å². The van der Waals surface area contributed by atoms with Crippen LogP contribution in [-0.2, 0) is 14.3 Å². The lowest BCUT2D eigenvalue weighted by molar-refractivity contribution is -0.308. The number of hydrogen-bond acceptors (Lipinski definition) is 8. The Kier molecular flexibility index (Phi) is 12.3. The van der Waals surface area contributed by atoms with E-state index in [4.69, 9.17) is 10.5 Å². The zero-order valence-electron chi connectivity index (χ0n) is 15.0. The van der Waals surface area contributed by atoms with Gasteiger partial charge in [-0.15, -0.1) is 0 Å². The fourth-order valence-corrected chi connectivity index (χ4v) is 2.92. The molecule has 0 saturated heterocycles. The molecule has 142 valence electrons. The Bertz CT molecular complexity index is 379. The highest BCUT2D eigenvalue weighted by Crippen LogP contribution is 2.11. The highest BCUT2D eigenvalue weighted by Gasteiger charge is 2.21. The van der Waals surface area contributed by atoms with E-state index in [2.05, 4.69) is 5.32 Å². The number of ether oxygens (including phenoxy) is 1. The van der Waals surface area contributed by atoms with Gasteiger partial charge in [-0.2, -0.15) is 11.8 Å². The molecule has 0 heterocycles. The molecule has 0 aromatic heterocycles. The van der Waals surface area contributed by atoms with Crippen LogP contribution in [0.5, 0.6) is 0 Å². The summed E-state index contributed by atoms with van der Waals surface area (Å²) in [6.07, 6.45) is -0.00975. The first-order valence-corrected chi connectivity index (χ1v) is 9.40. The summed E-state index contributed by atoms with van der Waals surface area (Å²) in [5.41, 5.74) is 5.24. The van der Waals surface area contributed by atoms with Crippen molar-refractivity contribution in [1.82, 2.24) is 5.32 Å². The van der Waals surface area contributed by atoms with E-state index >= 15 is 0 Å². The molecule has 0 aliphatic heterocycles. The number of aliphatic hydroxyl groups excluding tert-OH is 1. The van der Waals surface area contributed by atoms with Crippen molar-refractivity contribution in [2.45, 2.75) is 58.3 Å². The summed E-state index contributed by atoms with van der Waals surface area (Å²) in [5, 5.41) is 23.5. The minimum Gasteiger partial charge on any atom is -0.548 e. The zero-order chi connectivity index (χ0) is 18.7. The van der Waals surface area contributed by atoms with E-state index < -0.39 is 18.1 Å². The topological polar surface area (TPSA) is 125 Å². The fraction of sp³-hybridized carbons (Fsp3) is 0.875. The minimum absolute atomic E-state index is 0.0156. The first-order chi connectivity index (χ1) is 11.1. The lowest BCUT2D eigenvalue weighted by atomic mass is 9.99. The molecule has 0 aliphatic carbocycles. The Balaban J connectivity index is 3.98. The molecule has 0 rings (SSSR count). The predicted molar refractivity (Wildman–Crippen MR) is 93.7 cm³/mol. The van der Waals surface area contributed by atoms with Gasteiger partial charge in [0.05, 0.1) is 37.4 Å². The van der Waals surface area contributed by atoms with Crippen molar-refractivity contribution in [2.24, 2.45) is 11.7 Å². The molecule has 1 unspecified atom stereocenters. The van der Waals surface area contributed by atoms with Gasteiger partial charge < -0.3 is 30.8 Å². The first-order valence-electron chi connectivity index (χ1n) is 8.24. The van der Waals surface area contributed by atoms with Crippen LogP contribution in [-0.4, -0.2) is 65.8 Å². The van der Waals surface area contributed by atoms with Crippen molar-refractivity contribution in [3.8, 4) is 0 Å². The Morgan fingerprint density at radius 1 is 1.25 bits per heavy atom. The van der Waals surface area contributed by atoms with Crippen molar-refractivity contribution in [2.75, 3.05) is 24.7 Å². The minimum atomic E-state index is -1.38. The second-order valence-corrected chi connectivity index (χ2v) is 7.56. The van der Waals surface area contributed by atoms with Crippen molar-refractivity contribution < 1.29 is 24.5 Å². The van der Waals surface area contributed by atoms with Gasteiger partial charge in [-0.1, -0.05) is 27.7 Å². The second-order valence-electron chi connectivity index (χ2n) is 6.41. The number of rotatable bonds is 14. The lowest BCUT2D eigenvalue weighted by Gasteiger charge is -2.22. The largest absolute Gasteiger partial charge is 0.548 e. The maximum atomic E-state index is 12.2. The molecule has 24 heavy (non-hydrogen) atoms. The summed E-state index contributed by atoms with van der Waals surface area (Å²) in [4.78, 5) is 22.6. The molecular formula is C16H31N2O5S-. The van der Waals surface area contributed by atoms with Gasteiger partial charge in [-0.05, 0) is 12.2 Å². The second kappa shape index (κ2) is 12.7. The van der Waals surface area contributed by atoms with Gasteiger partial charge in [0.2, 0.25) is 0 Å². The van der Waals surface area contributed by atoms with E-state index in [1.165, 1.54) is 11.8 Å². The normalized spacial score (nSPS) is 15.5. The number of Topliss-reactive ketones (excluding diaryl/α,β-unsaturated/α-hetero) is 1. The first kappa shape index (κ1) is 23.3. The van der Waals surface area contributed by atoms with Crippen LogP contribution in [0.4, 0.5) is 0 Å². The lowest BCUT2D eigenvalue weighted by Crippen LogP contribution is -2.45. The summed E-state index contributed by atoms with van der Waals surface area (Å²) >= 11 is 1.53. The van der Waals surface area contributed by atoms with Crippen molar-refractivity contribution in [3.63, 3.8) is 0 Å². The van der Waals surface area contributed by atoms with Crippen LogP contribution in [0, 0.1) is 5.92 Å². The Morgan fingerprint density at radius 3 is 2.38 bits per heavy atom. The Hall–Kier alpha value is -0.670. The maximum absolute atomic E-state index is 12.2. The summed E-state index contributed by atoms with van der Waals surface area (Å²) in [7, 11) is 0.